The van der Waals surface area contributed by atoms with E-state index in [0.717, 1.165) is 5.69 Å². The first kappa shape index (κ1) is 11.3. The van der Waals surface area contributed by atoms with E-state index in [2.05, 4.69) is 30.4 Å². The van der Waals surface area contributed by atoms with Gasteiger partial charge in [-0.25, -0.2) is 0 Å². The molecule has 92 valence electrons. The molecule has 3 heterocycles. The molecule has 0 N–H and O–H groups in total. The monoisotopic (exact) mass is 250 g/mol. The number of hydrogen-bond donors (Lipinski definition) is 0. The maximum atomic E-state index is 4.21. The van der Waals surface area contributed by atoms with Crippen molar-refractivity contribution in [2.75, 3.05) is 0 Å². The van der Waals surface area contributed by atoms with Crippen LogP contribution in [0, 0.1) is 0 Å². The Balaban J connectivity index is 1.80. The first-order chi connectivity index (χ1) is 9.42. The molecular formula is C13H10N6. The number of pyridine rings is 2. The molecule has 0 fully saturated rings. The molecule has 0 amide bonds. The van der Waals surface area contributed by atoms with Gasteiger partial charge in [-0.05, 0) is 24.3 Å². The Kier molecular flexibility index (Phi) is 3.14. The Morgan fingerprint density at radius 2 is 1.47 bits per heavy atom. The lowest BCUT2D eigenvalue weighted by Gasteiger charge is -1.99. The summed E-state index contributed by atoms with van der Waals surface area (Å²) in [5.41, 5.74) is 1.54. The lowest BCUT2D eigenvalue weighted by atomic mass is 10.2. The predicted molar refractivity (Wildman–Crippen MR) is 67.9 cm³/mol. The van der Waals surface area contributed by atoms with Gasteiger partial charge in [0.1, 0.15) is 5.69 Å². The zero-order valence-electron chi connectivity index (χ0n) is 10.0. The summed E-state index contributed by atoms with van der Waals surface area (Å²) in [4.78, 5) is 8.35. The molecule has 19 heavy (non-hydrogen) atoms. The molecule has 3 aromatic heterocycles. The molecule has 3 rings (SSSR count). The van der Waals surface area contributed by atoms with Gasteiger partial charge in [-0.1, -0.05) is 12.1 Å². The zero-order valence-corrected chi connectivity index (χ0v) is 10.0. The summed E-state index contributed by atoms with van der Waals surface area (Å²) in [5, 5.41) is 16.2. The van der Waals surface area contributed by atoms with Crippen molar-refractivity contribution < 1.29 is 0 Å². The van der Waals surface area contributed by atoms with Gasteiger partial charge in [0, 0.05) is 18.1 Å². The smallest absolute Gasteiger partial charge is 0.221 e. The third kappa shape index (κ3) is 2.74. The van der Waals surface area contributed by atoms with Crippen LogP contribution in [-0.2, 0) is 6.42 Å². The van der Waals surface area contributed by atoms with Gasteiger partial charge in [-0.2, -0.15) is 0 Å². The van der Waals surface area contributed by atoms with Gasteiger partial charge in [0.15, 0.2) is 5.82 Å². The van der Waals surface area contributed by atoms with Gasteiger partial charge < -0.3 is 0 Å². The highest BCUT2D eigenvalue weighted by Crippen LogP contribution is 2.08. The molecule has 6 heteroatoms. The lowest BCUT2D eigenvalue weighted by molar-refractivity contribution is 0.776. The number of aromatic nitrogens is 6. The van der Waals surface area contributed by atoms with E-state index in [9.17, 15) is 0 Å². The number of nitrogens with zero attached hydrogens (tertiary/aromatic N) is 6. The maximum absolute atomic E-state index is 4.21. The number of hydrogen-bond acceptors (Lipinski definition) is 6. The first-order valence-corrected chi connectivity index (χ1v) is 5.79. The van der Waals surface area contributed by atoms with Gasteiger partial charge in [-0.15, -0.1) is 20.4 Å². The third-order valence-electron chi connectivity index (χ3n) is 2.48. The average Bonchev–Trinajstić information content (AvgIpc) is 2.50. The van der Waals surface area contributed by atoms with Gasteiger partial charge in [0.2, 0.25) is 5.82 Å². The second-order valence-electron chi connectivity index (χ2n) is 3.85. The van der Waals surface area contributed by atoms with Crippen LogP contribution in [0.2, 0.25) is 0 Å². The summed E-state index contributed by atoms with van der Waals surface area (Å²) >= 11 is 0. The minimum Gasteiger partial charge on any atom is -0.261 e. The molecule has 0 spiro atoms. The second kappa shape index (κ2) is 5.26. The largest absolute Gasteiger partial charge is 0.261 e. The van der Waals surface area contributed by atoms with Gasteiger partial charge in [0.25, 0.3) is 0 Å². The summed E-state index contributed by atoms with van der Waals surface area (Å²) in [7, 11) is 0. The Morgan fingerprint density at radius 3 is 2.11 bits per heavy atom. The van der Waals surface area contributed by atoms with E-state index in [-0.39, 0.29) is 0 Å². The topological polar surface area (TPSA) is 77.3 Å². The summed E-state index contributed by atoms with van der Waals surface area (Å²) in [6, 6.07) is 11.2. The Morgan fingerprint density at radius 1 is 0.737 bits per heavy atom. The molecule has 0 saturated heterocycles. The maximum Gasteiger partial charge on any atom is 0.221 e. The summed E-state index contributed by atoms with van der Waals surface area (Å²) < 4.78 is 0. The number of rotatable bonds is 3. The Bertz CT molecular complexity index is 639. The van der Waals surface area contributed by atoms with Crippen LogP contribution in [0.4, 0.5) is 0 Å². The van der Waals surface area contributed by atoms with Crippen LogP contribution in [0.3, 0.4) is 0 Å². The minimum atomic E-state index is 0.422. The highest BCUT2D eigenvalue weighted by molar-refractivity contribution is 5.46. The van der Waals surface area contributed by atoms with Crippen LogP contribution in [0.1, 0.15) is 11.5 Å². The quantitative estimate of drug-likeness (QED) is 0.697. The lowest BCUT2D eigenvalue weighted by Crippen LogP contribution is -2.04. The highest BCUT2D eigenvalue weighted by atomic mass is 15.3. The van der Waals surface area contributed by atoms with Crippen molar-refractivity contribution in [1.82, 2.24) is 30.4 Å². The molecule has 0 aliphatic carbocycles. The van der Waals surface area contributed by atoms with Gasteiger partial charge >= 0.3 is 0 Å². The standard InChI is InChI=1S/C13H10N6/c1-3-7-14-10(5-1)9-12-16-18-13(19-17-12)11-6-2-4-8-15-11/h1-8H,9H2. The molecule has 0 aliphatic heterocycles. The SMILES string of the molecule is c1ccc(Cc2nnc(-c3ccccn3)nn2)nc1. The van der Waals surface area contributed by atoms with Crippen LogP contribution in [-0.4, -0.2) is 30.4 Å². The van der Waals surface area contributed by atoms with Crippen LogP contribution < -0.4 is 0 Å². The van der Waals surface area contributed by atoms with Crippen molar-refractivity contribution in [3.63, 3.8) is 0 Å². The summed E-state index contributed by atoms with van der Waals surface area (Å²) in [6.07, 6.45) is 3.93. The van der Waals surface area contributed by atoms with Crippen molar-refractivity contribution >= 4 is 0 Å². The molecule has 0 aliphatic rings. The fraction of sp³-hybridized carbons (Fsp3) is 0.0769. The molecule has 0 saturated carbocycles. The first-order valence-electron chi connectivity index (χ1n) is 5.79. The van der Waals surface area contributed by atoms with Crippen molar-refractivity contribution in [3.05, 3.63) is 60.3 Å². The molecule has 0 radical (unpaired) electrons. The summed E-state index contributed by atoms with van der Waals surface area (Å²) in [6.45, 7) is 0. The van der Waals surface area contributed by atoms with Crippen LogP contribution in [0.25, 0.3) is 11.5 Å². The Hall–Kier alpha value is -2.76. The molecule has 6 nitrogen and oxygen atoms in total. The van der Waals surface area contributed by atoms with Gasteiger partial charge in [-0.3, -0.25) is 9.97 Å². The fourth-order valence-electron chi connectivity index (χ4n) is 1.58. The van der Waals surface area contributed by atoms with Crippen LogP contribution in [0.15, 0.2) is 48.8 Å². The van der Waals surface area contributed by atoms with E-state index in [1.54, 1.807) is 12.4 Å². The van der Waals surface area contributed by atoms with E-state index >= 15 is 0 Å². The average molecular weight is 250 g/mol. The van der Waals surface area contributed by atoms with Crippen molar-refractivity contribution in [2.45, 2.75) is 6.42 Å². The second-order valence-corrected chi connectivity index (χ2v) is 3.85. The van der Waals surface area contributed by atoms with E-state index in [4.69, 9.17) is 0 Å². The molecule has 0 bridgehead atoms. The zero-order chi connectivity index (χ0) is 12.9. The normalized spacial score (nSPS) is 10.3. The Labute approximate surface area is 109 Å². The predicted octanol–water partition coefficient (Wildman–Crippen LogP) is 1.31. The van der Waals surface area contributed by atoms with Crippen LogP contribution in [0.5, 0.6) is 0 Å². The fourth-order valence-corrected chi connectivity index (χ4v) is 1.58. The van der Waals surface area contributed by atoms with E-state index in [1.807, 2.05) is 36.4 Å². The molecular weight excluding hydrogens is 240 g/mol. The van der Waals surface area contributed by atoms with E-state index in [0.29, 0.717) is 23.8 Å². The molecule has 0 unspecified atom stereocenters. The van der Waals surface area contributed by atoms with Gasteiger partial charge in [0.05, 0.1) is 6.42 Å². The highest BCUT2D eigenvalue weighted by Gasteiger charge is 2.06. The van der Waals surface area contributed by atoms with Crippen molar-refractivity contribution in [1.29, 1.82) is 0 Å². The minimum absolute atomic E-state index is 0.422. The third-order valence-corrected chi connectivity index (χ3v) is 2.48. The molecule has 3 aromatic rings. The van der Waals surface area contributed by atoms with Crippen molar-refractivity contribution in [2.24, 2.45) is 0 Å². The van der Waals surface area contributed by atoms with E-state index in [1.165, 1.54) is 0 Å². The molecule has 0 aromatic carbocycles. The van der Waals surface area contributed by atoms with E-state index < -0.39 is 0 Å². The molecule has 0 atom stereocenters. The van der Waals surface area contributed by atoms with Crippen molar-refractivity contribution in [3.8, 4) is 11.5 Å². The summed E-state index contributed by atoms with van der Waals surface area (Å²) in [5.74, 6) is 0.962. The van der Waals surface area contributed by atoms with Crippen LogP contribution >= 0.6 is 0 Å².